The van der Waals surface area contributed by atoms with Crippen LogP contribution in [-0.4, -0.2) is 19.3 Å². The lowest BCUT2D eigenvalue weighted by molar-refractivity contribution is -0.120. The molecule has 1 amide bonds. The zero-order valence-electron chi connectivity index (χ0n) is 13.8. The van der Waals surface area contributed by atoms with Gasteiger partial charge in [0.1, 0.15) is 4.21 Å². The van der Waals surface area contributed by atoms with Crippen molar-refractivity contribution in [1.82, 2.24) is 10.3 Å². The van der Waals surface area contributed by atoms with E-state index in [4.69, 9.17) is 0 Å². The number of pyridine rings is 1. The molecule has 0 atom stereocenters. The molecule has 134 valence electrons. The molecule has 0 aliphatic carbocycles. The number of hydrogen-bond acceptors (Lipinski definition) is 5. The summed E-state index contributed by atoms with van der Waals surface area (Å²) in [4.78, 5) is 16.2. The number of hydrogen-bond donors (Lipinski definition) is 2. The summed E-state index contributed by atoms with van der Waals surface area (Å²) in [5.41, 5.74) is 2.04. The van der Waals surface area contributed by atoms with Crippen LogP contribution in [0.25, 0.3) is 0 Å². The van der Waals surface area contributed by atoms with E-state index in [0.29, 0.717) is 12.2 Å². The predicted molar refractivity (Wildman–Crippen MR) is 101 cm³/mol. The molecule has 0 aliphatic rings. The van der Waals surface area contributed by atoms with Gasteiger partial charge in [-0.05, 0) is 41.3 Å². The van der Waals surface area contributed by atoms with Gasteiger partial charge in [-0.1, -0.05) is 24.3 Å². The van der Waals surface area contributed by atoms with E-state index < -0.39 is 10.0 Å². The second-order valence-corrected chi connectivity index (χ2v) is 8.37. The topological polar surface area (TPSA) is 88.2 Å². The number of nitrogens with one attached hydrogen (secondary N) is 2. The van der Waals surface area contributed by atoms with Gasteiger partial charge in [-0.3, -0.25) is 14.5 Å². The molecule has 0 bridgehead atoms. The normalized spacial score (nSPS) is 11.1. The number of amides is 1. The molecule has 0 spiro atoms. The number of sulfonamides is 1. The first-order valence-electron chi connectivity index (χ1n) is 7.85. The second kappa shape index (κ2) is 8.11. The Morgan fingerprint density at radius 2 is 1.85 bits per heavy atom. The monoisotopic (exact) mass is 387 g/mol. The van der Waals surface area contributed by atoms with Crippen molar-refractivity contribution in [2.24, 2.45) is 0 Å². The van der Waals surface area contributed by atoms with E-state index in [2.05, 4.69) is 15.0 Å². The van der Waals surface area contributed by atoms with Crippen LogP contribution in [0.5, 0.6) is 0 Å². The van der Waals surface area contributed by atoms with Gasteiger partial charge in [0, 0.05) is 11.9 Å². The van der Waals surface area contributed by atoms with Gasteiger partial charge in [0.05, 0.1) is 18.7 Å². The molecule has 2 N–H and O–H groups in total. The van der Waals surface area contributed by atoms with Gasteiger partial charge in [0.15, 0.2) is 0 Å². The lowest BCUT2D eigenvalue weighted by Gasteiger charge is -2.08. The largest absolute Gasteiger partial charge is 0.350 e. The number of anilines is 1. The van der Waals surface area contributed by atoms with E-state index >= 15 is 0 Å². The number of aromatic nitrogens is 1. The lowest BCUT2D eigenvalue weighted by atomic mass is 10.1. The Morgan fingerprint density at radius 1 is 1.04 bits per heavy atom. The summed E-state index contributed by atoms with van der Waals surface area (Å²) in [6, 6.07) is 15.5. The minimum atomic E-state index is -3.56. The Hall–Kier alpha value is -2.71. The summed E-state index contributed by atoms with van der Waals surface area (Å²) in [6.45, 7) is 0.373. The molecule has 0 radical (unpaired) electrons. The highest BCUT2D eigenvalue weighted by molar-refractivity contribution is 7.94. The highest BCUT2D eigenvalue weighted by atomic mass is 32.2. The standard InChI is InChI=1S/C18H17N3O3S2/c22-17(20-13-16-4-1-2-10-19-16)12-14-6-8-15(9-7-14)21-26(23,24)18-5-3-11-25-18/h1-11,21H,12-13H2,(H,20,22). The van der Waals surface area contributed by atoms with Crippen LogP contribution in [0.1, 0.15) is 11.3 Å². The maximum Gasteiger partial charge on any atom is 0.271 e. The van der Waals surface area contributed by atoms with Crippen molar-refractivity contribution >= 4 is 33.0 Å². The quantitative estimate of drug-likeness (QED) is 0.652. The Kier molecular flexibility index (Phi) is 5.65. The number of benzene rings is 1. The molecule has 26 heavy (non-hydrogen) atoms. The smallest absolute Gasteiger partial charge is 0.271 e. The van der Waals surface area contributed by atoms with Crippen LogP contribution in [0.2, 0.25) is 0 Å². The Morgan fingerprint density at radius 3 is 2.50 bits per heavy atom. The summed E-state index contributed by atoms with van der Waals surface area (Å²) in [7, 11) is -3.56. The third-order valence-corrected chi connectivity index (χ3v) is 6.30. The molecule has 0 unspecified atom stereocenters. The predicted octanol–water partition coefficient (Wildman–Crippen LogP) is 2.80. The first-order chi connectivity index (χ1) is 12.5. The molecule has 8 heteroatoms. The maximum atomic E-state index is 12.2. The van der Waals surface area contributed by atoms with Crippen LogP contribution in [0.4, 0.5) is 5.69 Å². The van der Waals surface area contributed by atoms with Crippen LogP contribution in [0, 0.1) is 0 Å². The van der Waals surface area contributed by atoms with Gasteiger partial charge < -0.3 is 5.32 Å². The minimum absolute atomic E-state index is 0.123. The van der Waals surface area contributed by atoms with Crippen LogP contribution < -0.4 is 10.0 Å². The van der Waals surface area contributed by atoms with Gasteiger partial charge >= 0.3 is 0 Å². The summed E-state index contributed by atoms with van der Waals surface area (Å²) >= 11 is 1.16. The fourth-order valence-electron chi connectivity index (χ4n) is 2.25. The molecular formula is C18H17N3O3S2. The summed E-state index contributed by atoms with van der Waals surface area (Å²) in [5, 5.41) is 4.52. The maximum absolute atomic E-state index is 12.2. The van der Waals surface area contributed by atoms with Crippen LogP contribution >= 0.6 is 11.3 Å². The van der Waals surface area contributed by atoms with Gasteiger partial charge in [-0.15, -0.1) is 11.3 Å². The third kappa shape index (κ3) is 4.90. The first-order valence-corrected chi connectivity index (χ1v) is 10.2. The van der Waals surface area contributed by atoms with Gasteiger partial charge in [-0.25, -0.2) is 8.42 Å². The van der Waals surface area contributed by atoms with E-state index in [9.17, 15) is 13.2 Å². The number of thiophene rings is 1. The van der Waals surface area contributed by atoms with Gasteiger partial charge in [0.25, 0.3) is 10.0 Å². The van der Waals surface area contributed by atoms with Crippen molar-refractivity contribution < 1.29 is 13.2 Å². The van der Waals surface area contributed by atoms with Crippen molar-refractivity contribution in [3.8, 4) is 0 Å². The van der Waals surface area contributed by atoms with Crippen LogP contribution in [0.3, 0.4) is 0 Å². The molecule has 1 aromatic carbocycles. The van der Waals surface area contributed by atoms with Crippen molar-refractivity contribution in [3.63, 3.8) is 0 Å². The summed E-state index contributed by atoms with van der Waals surface area (Å²) in [6.07, 6.45) is 1.89. The van der Waals surface area contributed by atoms with E-state index in [0.717, 1.165) is 22.6 Å². The Balaban J connectivity index is 1.55. The molecule has 3 rings (SSSR count). The van der Waals surface area contributed by atoms with Crippen molar-refractivity contribution in [2.45, 2.75) is 17.2 Å². The third-order valence-electron chi connectivity index (χ3n) is 3.52. The van der Waals surface area contributed by atoms with E-state index in [1.54, 1.807) is 48.0 Å². The first kappa shape index (κ1) is 18.1. The molecular weight excluding hydrogens is 370 g/mol. The molecule has 0 fully saturated rings. The molecule has 0 aliphatic heterocycles. The van der Waals surface area contributed by atoms with Crippen molar-refractivity contribution in [1.29, 1.82) is 0 Å². The highest BCUT2D eigenvalue weighted by Gasteiger charge is 2.15. The fourth-order valence-corrected chi connectivity index (χ4v) is 4.30. The molecule has 6 nitrogen and oxygen atoms in total. The molecule has 3 aromatic rings. The van der Waals surface area contributed by atoms with Crippen molar-refractivity contribution in [2.75, 3.05) is 4.72 Å². The Bertz CT molecular complexity index is 955. The van der Waals surface area contributed by atoms with E-state index in [1.807, 2.05) is 18.2 Å². The molecule has 2 heterocycles. The summed E-state index contributed by atoms with van der Waals surface area (Å²) < 4.78 is 27.1. The van der Waals surface area contributed by atoms with E-state index in [1.165, 1.54) is 0 Å². The second-order valence-electron chi connectivity index (χ2n) is 5.51. The Labute approximate surface area is 156 Å². The zero-order valence-corrected chi connectivity index (χ0v) is 15.4. The van der Waals surface area contributed by atoms with Crippen LogP contribution in [0.15, 0.2) is 70.4 Å². The fraction of sp³-hybridized carbons (Fsp3) is 0.111. The highest BCUT2D eigenvalue weighted by Crippen LogP contribution is 2.20. The average Bonchev–Trinajstić information content (AvgIpc) is 3.18. The number of rotatable bonds is 7. The molecule has 0 saturated heterocycles. The average molecular weight is 387 g/mol. The van der Waals surface area contributed by atoms with E-state index in [-0.39, 0.29) is 16.5 Å². The number of nitrogens with zero attached hydrogens (tertiary/aromatic N) is 1. The van der Waals surface area contributed by atoms with Crippen molar-refractivity contribution in [3.05, 3.63) is 77.4 Å². The van der Waals surface area contributed by atoms with Gasteiger partial charge in [-0.2, -0.15) is 0 Å². The SMILES string of the molecule is O=C(Cc1ccc(NS(=O)(=O)c2cccs2)cc1)NCc1ccccn1. The molecule has 2 aromatic heterocycles. The lowest BCUT2D eigenvalue weighted by Crippen LogP contribution is -2.24. The zero-order chi connectivity index (χ0) is 18.4. The van der Waals surface area contributed by atoms with Crippen LogP contribution in [-0.2, 0) is 27.8 Å². The number of carbonyl (C=O) groups excluding carboxylic acids is 1. The summed E-state index contributed by atoms with van der Waals surface area (Å²) in [5.74, 6) is -0.123. The minimum Gasteiger partial charge on any atom is -0.350 e. The number of carbonyl (C=O) groups is 1. The molecule has 0 saturated carbocycles. The van der Waals surface area contributed by atoms with Gasteiger partial charge in [0.2, 0.25) is 5.91 Å².